The number of carbonyl (C=O) groups excluding carboxylic acids is 1. The van der Waals surface area contributed by atoms with E-state index < -0.39 is 5.24 Å². The first-order chi connectivity index (χ1) is 6.22. The Morgan fingerprint density at radius 3 is 2.46 bits per heavy atom. The lowest BCUT2D eigenvalue weighted by molar-refractivity contribution is -0.107. The van der Waals surface area contributed by atoms with Crippen molar-refractivity contribution in [2.45, 2.75) is 6.61 Å². The standard InChI is InChI=1S/C10H9ClO2/c11-10(13)6-5-8-1-3-9(7-12)4-2-8/h1-6,12H,7H2. The van der Waals surface area contributed by atoms with E-state index in [0.29, 0.717) is 0 Å². The number of halogens is 1. The molecule has 1 aromatic rings. The van der Waals surface area contributed by atoms with Crippen molar-refractivity contribution >= 4 is 22.9 Å². The summed E-state index contributed by atoms with van der Waals surface area (Å²) < 4.78 is 0. The lowest BCUT2D eigenvalue weighted by Crippen LogP contribution is -1.82. The van der Waals surface area contributed by atoms with Crippen molar-refractivity contribution in [1.29, 1.82) is 0 Å². The maximum Gasteiger partial charge on any atom is 0.245 e. The Hall–Kier alpha value is -1.12. The van der Waals surface area contributed by atoms with E-state index in [-0.39, 0.29) is 6.61 Å². The van der Waals surface area contributed by atoms with E-state index in [1.165, 1.54) is 6.08 Å². The van der Waals surface area contributed by atoms with Gasteiger partial charge in [0.15, 0.2) is 0 Å². The van der Waals surface area contributed by atoms with Crippen LogP contribution in [0.5, 0.6) is 0 Å². The molecule has 0 aliphatic carbocycles. The molecule has 0 spiro atoms. The van der Waals surface area contributed by atoms with E-state index >= 15 is 0 Å². The Kier molecular flexibility index (Phi) is 3.68. The quantitative estimate of drug-likeness (QED) is 0.593. The van der Waals surface area contributed by atoms with Crippen LogP contribution in [0.1, 0.15) is 11.1 Å². The average Bonchev–Trinajstić information content (AvgIpc) is 2.15. The Morgan fingerprint density at radius 1 is 1.38 bits per heavy atom. The SMILES string of the molecule is O=C(Cl)C=Cc1ccc(CO)cc1. The highest BCUT2D eigenvalue weighted by molar-refractivity contribution is 6.66. The van der Waals surface area contributed by atoms with Gasteiger partial charge >= 0.3 is 0 Å². The molecule has 0 aliphatic heterocycles. The van der Waals surface area contributed by atoms with Gasteiger partial charge in [-0.3, -0.25) is 4.79 Å². The minimum Gasteiger partial charge on any atom is -0.392 e. The molecule has 1 rings (SSSR count). The topological polar surface area (TPSA) is 37.3 Å². The lowest BCUT2D eigenvalue weighted by Gasteiger charge is -1.95. The molecule has 0 atom stereocenters. The number of hydrogen-bond acceptors (Lipinski definition) is 2. The third-order valence-corrected chi connectivity index (χ3v) is 1.70. The van der Waals surface area contributed by atoms with Crippen LogP contribution in [0.3, 0.4) is 0 Å². The molecule has 0 amide bonds. The normalized spacial score (nSPS) is 10.6. The van der Waals surface area contributed by atoms with Crippen molar-refractivity contribution < 1.29 is 9.90 Å². The molecule has 3 heteroatoms. The molecule has 0 unspecified atom stereocenters. The first-order valence-electron chi connectivity index (χ1n) is 3.79. The number of rotatable bonds is 3. The number of carbonyl (C=O) groups is 1. The number of aliphatic hydroxyl groups excluding tert-OH is 1. The van der Waals surface area contributed by atoms with Crippen molar-refractivity contribution in [3.8, 4) is 0 Å². The van der Waals surface area contributed by atoms with Crippen LogP contribution in [0.25, 0.3) is 6.08 Å². The van der Waals surface area contributed by atoms with Gasteiger partial charge in [0.05, 0.1) is 6.61 Å². The third kappa shape index (κ3) is 3.40. The fraction of sp³-hybridized carbons (Fsp3) is 0.100. The second-order valence-corrected chi connectivity index (χ2v) is 2.91. The molecule has 0 aromatic heterocycles. The monoisotopic (exact) mass is 196 g/mol. The summed E-state index contributed by atoms with van der Waals surface area (Å²) >= 11 is 5.12. The molecule has 0 saturated carbocycles. The summed E-state index contributed by atoms with van der Waals surface area (Å²) in [7, 11) is 0. The minimum atomic E-state index is -0.494. The molecular formula is C10H9ClO2. The maximum atomic E-state index is 10.4. The van der Waals surface area contributed by atoms with Gasteiger partial charge < -0.3 is 5.11 Å². The van der Waals surface area contributed by atoms with Crippen LogP contribution in [0.2, 0.25) is 0 Å². The van der Waals surface area contributed by atoms with Crippen LogP contribution < -0.4 is 0 Å². The zero-order chi connectivity index (χ0) is 9.68. The van der Waals surface area contributed by atoms with E-state index in [2.05, 4.69) is 0 Å². The number of hydrogen-bond donors (Lipinski definition) is 1. The van der Waals surface area contributed by atoms with Crippen LogP contribution in [-0.2, 0) is 11.4 Å². The van der Waals surface area contributed by atoms with Gasteiger partial charge in [-0.25, -0.2) is 0 Å². The summed E-state index contributed by atoms with van der Waals surface area (Å²) in [6, 6.07) is 7.19. The van der Waals surface area contributed by atoms with Crippen molar-refractivity contribution in [2.24, 2.45) is 0 Å². The molecular weight excluding hydrogens is 188 g/mol. The van der Waals surface area contributed by atoms with Crippen molar-refractivity contribution in [1.82, 2.24) is 0 Å². The van der Waals surface area contributed by atoms with Crippen molar-refractivity contribution in [3.63, 3.8) is 0 Å². The van der Waals surface area contributed by atoms with Gasteiger partial charge in [0.2, 0.25) is 5.24 Å². The molecule has 0 bridgehead atoms. The molecule has 0 heterocycles. The Balaban J connectivity index is 2.75. The number of allylic oxidation sites excluding steroid dienone is 1. The van der Waals surface area contributed by atoms with E-state index in [4.69, 9.17) is 16.7 Å². The highest BCUT2D eigenvalue weighted by Gasteiger charge is 1.90. The Labute approximate surface area is 81.5 Å². The van der Waals surface area contributed by atoms with Crippen LogP contribution in [-0.4, -0.2) is 10.3 Å². The number of benzene rings is 1. The van der Waals surface area contributed by atoms with Crippen LogP contribution in [0.15, 0.2) is 30.3 Å². The minimum absolute atomic E-state index is 0.0262. The van der Waals surface area contributed by atoms with Gasteiger partial charge in [0.1, 0.15) is 0 Å². The lowest BCUT2D eigenvalue weighted by atomic mass is 10.1. The van der Waals surface area contributed by atoms with E-state index in [0.717, 1.165) is 11.1 Å². The molecule has 0 fully saturated rings. The molecule has 1 N–H and O–H groups in total. The van der Waals surface area contributed by atoms with Crippen molar-refractivity contribution in [2.75, 3.05) is 0 Å². The molecule has 1 aromatic carbocycles. The molecule has 0 saturated heterocycles. The zero-order valence-corrected chi connectivity index (χ0v) is 7.66. The predicted molar refractivity (Wildman–Crippen MR) is 52.3 cm³/mol. The van der Waals surface area contributed by atoms with E-state index in [1.54, 1.807) is 18.2 Å². The summed E-state index contributed by atoms with van der Waals surface area (Å²) in [6.07, 6.45) is 2.91. The highest BCUT2D eigenvalue weighted by atomic mass is 35.5. The van der Waals surface area contributed by atoms with Crippen LogP contribution in [0.4, 0.5) is 0 Å². The zero-order valence-electron chi connectivity index (χ0n) is 6.90. The van der Waals surface area contributed by atoms with Gasteiger partial charge in [-0.15, -0.1) is 0 Å². The second kappa shape index (κ2) is 4.80. The van der Waals surface area contributed by atoms with Gasteiger partial charge in [0.25, 0.3) is 0 Å². The summed E-state index contributed by atoms with van der Waals surface area (Å²) in [4.78, 5) is 10.4. The molecule has 68 valence electrons. The molecule has 0 aliphatic rings. The highest BCUT2D eigenvalue weighted by Crippen LogP contribution is 2.06. The van der Waals surface area contributed by atoms with Gasteiger partial charge in [-0.05, 0) is 28.8 Å². The predicted octanol–water partition coefficient (Wildman–Crippen LogP) is 1.96. The first kappa shape index (κ1) is 9.96. The van der Waals surface area contributed by atoms with Crippen LogP contribution >= 0.6 is 11.6 Å². The largest absolute Gasteiger partial charge is 0.392 e. The average molecular weight is 197 g/mol. The van der Waals surface area contributed by atoms with Gasteiger partial charge in [-0.2, -0.15) is 0 Å². The van der Waals surface area contributed by atoms with E-state index in [1.807, 2.05) is 12.1 Å². The second-order valence-electron chi connectivity index (χ2n) is 2.54. The number of aliphatic hydroxyl groups is 1. The van der Waals surface area contributed by atoms with Crippen LogP contribution in [0, 0.1) is 0 Å². The van der Waals surface area contributed by atoms with E-state index in [9.17, 15) is 4.79 Å². The summed E-state index contributed by atoms with van der Waals surface area (Å²) in [6.45, 7) is 0.0262. The Morgan fingerprint density at radius 2 is 2.00 bits per heavy atom. The van der Waals surface area contributed by atoms with Gasteiger partial charge in [0, 0.05) is 0 Å². The van der Waals surface area contributed by atoms with Crippen molar-refractivity contribution in [3.05, 3.63) is 41.5 Å². The maximum absolute atomic E-state index is 10.4. The molecule has 2 nitrogen and oxygen atoms in total. The molecule has 0 radical (unpaired) electrons. The first-order valence-corrected chi connectivity index (χ1v) is 4.17. The third-order valence-electron chi connectivity index (χ3n) is 1.57. The van der Waals surface area contributed by atoms with Gasteiger partial charge in [-0.1, -0.05) is 30.3 Å². The smallest absolute Gasteiger partial charge is 0.245 e. The summed E-state index contributed by atoms with van der Waals surface area (Å²) in [5.74, 6) is 0. The molecule has 13 heavy (non-hydrogen) atoms. The summed E-state index contributed by atoms with van der Waals surface area (Å²) in [5, 5.41) is 8.26. The fourth-order valence-electron chi connectivity index (χ4n) is 0.896. The fourth-order valence-corrected chi connectivity index (χ4v) is 0.959. The Bertz CT molecular complexity index is 314. The summed E-state index contributed by atoms with van der Waals surface area (Å²) in [5.41, 5.74) is 1.72.